The van der Waals surface area contributed by atoms with Gasteiger partial charge in [-0.25, -0.2) is 4.98 Å². The SMILES string of the molecule is Cc1ccccc1-c1csc(NC(=O)[C@H]2NCCO[C@@H]2C)n1. The van der Waals surface area contributed by atoms with E-state index in [4.69, 9.17) is 4.74 Å². The third kappa shape index (κ3) is 3.19. The van der Waals surface area contributed by atoms with Gasteiger partial charge in [0.25, 0.3) is 0 Å². The number of amides is 1. The van der Waals surface area contributed by atoms with E-state index in [-0.39, 0.29) is 18.1 Å². The van der Waals surface area contributed by atoms with E-state index in [0.717, 1.165) is 11.3 Å². The van der Waals surface area contributed by atoms with Gasteiger partial charge in [0.1, 0.15) is 6.04 Å². The van der Waals surface area contributed by atoms with E-state index in [2.05, 4.69) is 28.6 Å². The zero-order chi connectivity index (χ0) is 15.5. The smallest absolute Gasteiger partial charge is 0.245 e. The Morgan fingerprint density at radius 3 is 3.05 bits per heavy atom. The molecule has 0 saturated carbocycles. The molecule has 1 aliphatic rings. The van der Waals surface area contributed by atoms with Crippen LogP contribution in [0.4, 0.5) is 5.13 Å². The summed E-state index contributed by atoms with van der Waals surface area (Å²) in [5, 5.41) is 8.63. The van der Waals surface area contributed by atoms with Crippen molar-refractivity contribution in [2.45, 2.75) is 26.0 Å². The van der Waals surface area contributed by atoms with Crippen LogP contribution in [-0.2, 0) is 9.53 Å². The van der Waals surface area contributed by atoms with E-state index in [1.54, 1.807) is 0 Å². The molecule has 3 rings (SSSR count). The number of benzene rings is 1. The second kappa shape index (κ2) is 6.56. The minimum atomic E-state index is -0.334. The van der Waals surface area contributed by atoms with Crippen molar-refractivity contribution in [1.82, 2.24) is 10.3 Å². The lowest BCUT2D eigenvalue weighted by Gasteiger charge is -2.28. The highest BCUT2D eigenvalue weighted by Crippen LogP contribution is 2.27. The second-order valence-electron chi connectivity index (χ2n) is 5.35. The Bertz CT molecular complexity index is 671. The maximum atomic E-state index is 12.3. The maximum Gasteiger partial charge on any atom is 0.245 e. The monoisotopic (exact) mass is 317 g/mol. The quantitative estimate of drug-likeness (QED) is 0.913. The Balaban J connectivity index is 1.72. The molecule has 1 aliphatic heterocycles. The molecule has 2 atom stereocenters. The predicted octanol–water partition coefficient (Wildman–Crippen LogP) is 2.43. The first-order valence-electron chi connectivity index (χ1n) is 7.32. The lowest BCUT2D eigenvalue weighted by Crippen LogP contribution is -2.53. The molecule has 2 heterocycles. The van der Waals surface area contributed by atoms with Gasteiger partial charge in [-0.05, 0) is 19.4 Å². The van der Waals surface area contributed by atoms with Crippen LogP contribution < -0.4 is 10.6 Å². The highest BCUT2D eigenvalue weighted by Gasteiger charge is 2.28. The zero-order valence-corrected chi connectivity index (χ0v) is 13.4. The first kappa shape index (κ1) is 15.1. The molecule has 0 aliphatic carbocycles. The van der Waals surface area contributed by atoms with Gasteiger partial charge in [0.05, 0.1) is 18.4 Å². The van der Waals surface area contributed by atoms with Crippen LogP contribution in [0.3, 0.4) is 0 Å². The fraction of sp³-hybridized carbons (Fsp3) is 0.375. The summed E-state index contributed by atoms with van der Waals surface area (Å²) in [6, 6.07) is 7.75. The van der Waals surface area contributed by atoms with Crippen LogP contribution in [-0.4, -0.2) is 36.2 Å². The van der Waals surface area contributed by atoms with Gasteiger partial charge in [-0.3, -0.25) is 4.79 Å². The summed E-state index contributed by atoms with van der Waals surface area (Å²) in [5.74, 6) is -0.0992. The highest BCUT2D eigenvalue weighted by molar-refractivity contribution is 7.14. The Kier molecular flexibility index (Phi) is 4.52. The predicted molar refractivity (Wildman–Crippen MR) is 88.1 cm³/mol. The second-order valence-corrected chi connectivity index (χ2v) is 6.21. The fourth-order valence-electron chi connectivity index (χ4n) is 2.53. The van der Waals surface area contributed by atoms with Gasteiger partial charge in [-0.15, -0.1) is 11.3 Å². The molecule has 0 bridgehead atoms. The van der Waals surface area contributed by atoms with Gasteiger partial charge in [0.15, 0.2) is 5.13 Å². The molecule has 0 unspecified atom stereocenters. The van der Waals surface area contributed by atoms with Crippen LogP contribution in [0.25, 0.3) is 11.3 Å². The molecule has 1 saturated heterocycles. The molecule has 116 valence electrons. The number of morpholine rings is 1. The number of anilines is 1. The molecule has 2 N–H and O–H groups in total. The Morgan fingerprint density at radius 1 is 1.45 bits per heavy atom. The Hall–Kier alpha value is -1.76. The lowest BCUT2D eigenvalue weighted by atomic mass is 10.1. The van der Waals surface area contributed by atoms with Crippen molar-refractivity contribution in [2.24, 2.45) is 0 Å². The first-order valence-corrected chi connectivity index (χ1v) is 8.20. The van der Waals surface area contributed by atoms with Crippen LogP contribution in [0.2, 0.25) is 0 Å². The Labute approximate surface area is 133 Å². The highest BCUT2D eigenvalue weighted by atomic mass is 32.1. The molecule has 1 aromatic carbocycles. The number of aryl methyl sites for hydroxylation is 1. The number of carbonyl (C=O) groups is 1. The molecule has 1 fully saturated rings. The minimum Gasteiger partial charge on any atom is -0.375 e. The van der Waals surface area contributed by atoms with Crippen molar-refractivity contribution in [3.05, 3.63) is 35.2 Å². The number of nitrogens with zero attached hydrogens (tertiary/aromatic N) is 1. The van der Waals surface area contributed by atoms with Crippen LogP contribution in [0, 0.1) is 6.92 Å². The fourth-order valence-corrected chi connectivity index (χ4v) is 3.24. The number of aromatic nitrogens is 1. The van der Waals surface area contributed by atoms with E-state index in [9.17, 15) is 4.79 Å². The summed E-state index contributed by atoms with van der Waals surface area (Å²) >= 11 is 1.43. The normalized spacial score (nSPS) is 21.5. The van der Waals surface area contributed by atoms with Gasteiger partial charge >= 0.3 is 0 Å². The summed E-state index contributed by atoms with van der Waals surface area (Å²) < 4.78 is 5.50. The molecule has 0 spiro atoms. The van der Waals surface area contributed by atoms with E-state index in [0.29, 0.717) is 18.3 Å². The number of carbonyl (C=O) groups excluding carboxylic acids is 1. The zero-order valence-electron chi connectivity index (χ0n) is 12.6. The van der Waals surface area contributed by atoms with Gasteiger partial charge in [-0.2, -0.15) is 0 Å². The van der Waals surface area contributed by atoms with Crippen molar-refractivity contribution in [3.8, 4) is 11.3 Å². The van der Waals surface area contributed by atoms with Crippen LogP contribution in [0.1, 0.15) is 12.5 Å². The summed E-state index contributed by atoms with van der Waals surface area (Å²) in [7, 11) is 0. The van der Waals surface area contributed by atoms with E-state index in [1.165, 1.54) is 16.9 Å². The molecule has 0 radical (unpaired) electrons. The molecule has 1 aromatic heterocycles. The average Bonchev–Trinajstić information content (AvgIpc) is 2.96. The number of hydrogen-bond acceptors (Lipinski definition) is 5. The van der Waals surface area contributed by atoms with Crippen molar-refractivity contribution >= 4 is 22.4 Å². The molecular formula is C16H19N3O2S. The maximum absolute atomic E-state index is 12.3. The van der Waals surface area contributed by atoms with Crippen LogP contribution in [0.5, 0.6) is 0 Å². The van der Waals surface area contributed by atoms with E-state index >= 15 is 0 Å². The van der Waals surface area contributed by atoms with E-state index in [1.807, 2.05) is 30.5 Å². The standard InChI is InChI=1S/C16H19N3O2S/c1-10-5-3-4-6-12(10)13-9-22-16(18-13)19-15(20)14-11(2)21-8-7-17-14/h3-6,9,11,14,17H,7-8H2,1-2H3,(H,18,19,20)/t11-,14+/m1/s1. The summed E-state index contributed by atoms with van der Waals surface area (Å²) in [6.07, 6.45) is -0.135. The topological polar surface area (TPSA) is 63.2 Å². The Morgan fingerprint density at radius 2 is 2.27 bits per heavy atom. The average molecular weight is 317 g/mol. The van der Waals surface area contributed by atoms with Crippen molar-refractivity contribution < 1.29 is 9.53 Å². The third-order valence-electron chi connectivity index (χ3n) is 3.75. The number of hydrogen-bond donors (Lipinski definition) is 2. The third-order valence-corrected chi connectivity index (χ3v) is 4.51. The molecule has 2 aromatic rings. The summed E-state index contributed by atoms with van der Waals surface area (Å²) in [4.78, 5) is 16.8. The number of rotatable bonds is 3. The summed E-state index contributed by atoms with van der Waals surface area (Å²) in [5.41, 5.74) is 3.15. The number of thiazole rings is 1. The molecular weight excluding hydrogens is 298 g/mol. The molecule has 5 nitrogen and oxygen atoms in total. The van der Waals surface area contributed by atoms with Crippen LogP contribution >= 0.6 is 11.3 Å². The van der Waals surface area contributed by atoms with Gasteiger partial charge < -0.3 is 15.4 Å². The van der Waals surface area contributed by atoms with Crippen molar-refractivity contribution in [3.63, 3.8) is 0 Å². The largest absolute Gasteiger partial charge is 0.375 e. The van der Waals surface area contributed by atoms with Gasteiger partial charge in [0, 0.05) is 17.5 Å². The number of nitrogens with one attached hydrogen (secondary N) is 2. The summed E-state index contributed by atoms with van der Waals surface area (Å²) in [6.45, 7) is 5.28. The van der Waals surface area contributed by atoms with Crippen LogP contribution in [0.15, 0.2) is 29.6 Å². The van der Waals surface area contributed by atoms with E-state index < -0.39 is 0 Å². The van der Waals surface area contributed by atoms with Gasteiger partial charge in [0.2, 0.25) is 5.91 Å². The van der Waals surface area contributed by atoms with Crippen molar-refractivity contribution in [1.29, 1.82) is 0 Å². The lowest BCUT2D eigenvalue weighted by molar-refractivity contribution is -0.123. The minimum absolute atomic E-state index is 0.0992. The molecule has 6 heteroatoms. The molecule has 22 heavy (non-hydrogen) atoms. The van der Waals surface area contributed by atoms with Crippen molar-refractivity contribution in [2.75, 3.05) is 18.5 Å². The molecule has 1 amide bonds. The van der Waals surface area contributed by atoms with Gasteiger partial charge in [-0.1, -0.05) is 24.3 Å². The first-order chi connectivity index (χ1) is 10.6. The number of ether oxygens (including phenoxy) is 1.